The molecule has 1 N–H and O–H groups in total. The quantitative estimate of drug-likeness (QED) is 0.866. The highest BCUT2D eigenvalue weighted by Gasteiger charge is 2.48. The number of carboxylic acid groups (broad SMARTS) is 1. The average Bonchev–Trinajstić information content (AvgIpc) is 2.99. The highest BCUT2D eigenvalue weighted by atomic mass is 35.5. The Balaban J connectivity index is 1.95. The molecule has 2 aromatic rings. The van der Waals surface area contributed by atoms with E-state index >= 15 is 0 Å². The lowest BCUT2D eigenvalue weighted by atomic mass is 10.0. The summed E-state index contributed by atoms with van der Waals surface area (Å²) in [5, 5.41) is 9.94. The summed E-state index contributed by atoms with van der Waals surface area (Å²) in [7, 11) is 0. The third kappa shape index (κ3) is 1.69. The number of hydrogen-bond donors (Lipinski definition) is 1. The summed E-state index contributed by atoms with van der Waals surface area (Å²) >= 11 is 6.01. The Bertz CT molecular complexity index is 658. The van der Waals surface area contributed by atoms with Crippen LogP contribution in [0.2, 0.25) is 5.02 Å². The second-order valence-electron chi connectivity index (χ2n) is 4.45. The molecule has 4 nitrogen and oxygen atoms in total. The predicted octanol–water partition coefficient (Wildman–Crippen LogP) is 2.99. The third-order valence-corrected chi connectivity index (χ3v) is 3.52. The van der Waals surface area contributed by atoms with Crippen LogP contribution in [0.5, 0.6) is 0 Å². The van der Waals surface area contributed by atoms with Crippen LogP contribution < -0.4 is 0 Å². The maximum Gasteiger partial charge on any atom is 0.307 e. The Labute approximate surface area is 107 Å². The van der Waals surface area contributed by atoms with Gasteiger partial charge in [-0.25, -0.2) is 0 Å². The lowest BCUT2D eigenvalue weighted by Gasteiger charge is -2.01. The van der Waals surface area contributed by atoms with Gasteiger partial charge in [0, 0.05) is 16.9 Å². The van der Waals surface area contributed by atoms with Crippen molar-refractivity contribution in [1.29, 1.82) is 0 Å². The van der Waals surface area contributed by atoms with Crippen molar-refractivity contribution in [2.24, 2.45) is 11.8 Å². The number of carbonyl (C=O) groups is 2. The first-order chi connectivity index (χ1) is 8.58. The van der Waals surface area contributed by atoms with Gasteiger partial charge < -0.3 is 9.52 Å². The summed E-state index contributed by atoms with van der Waals surface area (Å²) in [6.07, 6.45) is 1.91. The molecule has 2 atom stereocenters. The van der Waals surface area contributed by atoms with E-state index in [2.05, 4.69) is 0 Å². The molecule has 0 unspecified atom stereocenters. The number of furan rings is 1. The molecule has 1 heterocycles. The number of rotatable bonds is 3. The van der Waals surface area contributed by atoms with Gasteiger partial charge in [0.05, 0.1) is 17.2 Å². The van der Waals surface area contributed by atoms with Gasteiger partial charge >= 0.3 is 5.97 Å². The van der Waals surface area contributed by atoms with Crippen molar-refractivity contribution in [2.75, 3.05) is 0 Å². The van der Waals surface area contributed by atoms with Crippen molar-refractivity contribution >= 4 is 34.3 Å². The molecule has 5 heteroatoms. The van der Waals surface area contributed by atoms with Crippen LogP contribution in [-0.4, -0.2) is 16.9 Å². The average molecular weight is 265 g/mol. The van der Waals surface area contributed by atoms with Gasteiger partial charge in [0.1, 0.15) is 0 Å². The van der Waals surface area contributed by atoms with Crippen LogP contribution in [0.15, 0.2) is 28.9 Å². The number of hydrogen-bond acceptors (Lipinski definition) is 3. The van der Waals surface area contributed by atoms with Gasteiger partial charge in [-0.3, -0.25) is 9.59 Å². The summed E-state index contributed by atoms with van der Waals surface area (Å²) in [5.41, 5.74) is 0.987. The highest BCUT2D eigenvalue weighted by Crippen LogP contribution is 2.42. The molecule has 0 saturated heterocycles. The first-order valence-electron chi connectivity index (χ1n) is 5.51. The summed E-state index contributed by atoms with van der Waals surface area (Å²) < 4.78 is 5.18. The van der Waals surface area contributed by atoms with Crippen molar-refractivity contribution in [1.82, 2.24) is 0 Å². The normalized spacial score (nSPS) is 22.1. The van der Waals surface area contributed by atoms with Crippen molar-refractivity contribution in [2.45, 2.75) is 6.42 Å². The van der Waals surface area contributed by atoms with Crippen LogP contribution in [0.1, 0.15) is 16.8 Å². The zero-order valence-electron chi connectivity index (χ0n) is 9.22. The molecule has 0 aliphatic heterocycles. The standard InChI is InChI=1S/C13H9ClO4/c14-10-4-7(3-6-1-2-18-12(6)10)11(15)8-5-9(8)13(16)17/h1-4,8-9H,5H2,(H,16,17)/t8-,9-/m0/s1. The van der Waals surface area contributed by atoms with Crippen LogP contribution in [0.3, 0.4) is 0 Å². The van der Waals surface area contributed by atoms with Crippen LogP contribution in [0, 0.1) is 11.8 Å². The molecule has 1 saturated carbocycles. The van der Waals surface area contributed by atoms with Gasteiger partial charge in [0.15, 0.2) is 11.4 Å². The molecule has 1 aliphatic rings. The summed E-state index contributed by atoms with van der Waals surface area (Å²) in [4.78, 5) is 22.8. The zero-order valence-corrected chi connectivity index (χ0v) is 9.98. The van der Waals surface area contributed by atoms with Gasteiger partial charge in [-0.05, 0) is 24.6 Å². The van der Waals surface area contributed by atoms with Crippen LogP contribution in [0.4, 0.5) is 0 Å². The van der Waals surface area contributed by atoms with E-state index in [4.69, 9.17) is 21.1 Å². The van der Waals surface area contributed by atoms with E-state index in [1.165, 1.54) is 12.3 Å². The molecule has 18 heavy (non-hydrogen) atoms. The topological polar surface area (TPSA) is 67.5 Å². The number of carboxylic acids is 1. The molecule has 1 fully saturated rings. The Hall–Kier alpha value is -1.81. The Kier molecular flexibility index (Phi) is 2.41. The predicted molar refractivity (Wildman–Crippen MR) is 64.8 cm³/mol. The lowest BCUT2D eigenvalue weighted by Crippen LogP contribution is -2.08. The van der Waals surface area contributed by atoms with Crippen molar-refractivity contribution < 1.29 is 19.1 Å². The molecule has 92 valence electrons. The Morgan fingerprint density at radius 1 is 1.33 bits per heavy atom. The molecule has 1 aromatic heterocycles. The highest BCUT2D eigenvalue weighted by molar-refractivity contribution is 6.35. The second-order valence-corrected chi connectivity index (χ2v) is 4.86. The van der Waals surface area contributed by atoms with E-state index in [-0.39, 0.29) is 5.78 Å². The summed E-state index contributed by atoms with van der Waals surface area (Å²) in [5.74, 6) is -2.03. The first-order valence-corrected chi connectivity index (χ1v) is 5.89. The number of benzene rings is 1. The molecule has 0 radical (unpaired) electrons. The van der Waals surface area contributed by atoms with Crippen LogP contribution >= 0.6 is 11.6 Å². The number of aliphatic carboxylic acids is 1. The van der Waals surface area contributed by atoms with Gasteiger partial charge in [0.25, 0.3) is 0 Å². The minimum Gasteiger partial charge on any atom is -0.481 e. The Morgan fingerprint density at radius 2 is 2.11 bits per heavy atom. The molecule has 0 amide bonds. The maximum atomic E-state index is 12.1. The molecule has 3 rings (SSSR count). The summed E-state index contributed by atoms with van der Waals surface area (Å²) in [6, 6.07) is 4.94. The maximum absolute atomic E-state index is 12.1. The van der Waals surface area contributed by atoms with E-state index in [0.717, 1.165) is 5.39 Å². The molecule has 1 aliphatic carbocycles. The van der Waals surface area contributed by atoms with E-state index in [9.17, 15) is 9.59 Å². The summed E-state index contributed by atoms with van der Waals surface area (Å²) in [6.45, 7) is 0. The fourth-order valence-electron chi connectivity index (χ4n) is 2.15. The van der Waals surface area contributed by atoms with Gasteiger partial charge in [0.2, 0.25) is 0 Å². The molecule has 0 bridgehead atoms. The molecule has 0 spiro atoms. The number of halogens is 1. The third-order valence-electron chi connectivity index (χ3n) is 3.23. The van der Waals surface area contributed by atoms with E-state index in [1.54, 1.807) is 12.1 Å². The van der Waals surface area contributed by atoms with E-state index in [0.29, 0.717) is 22.6 Å². The SMILES string of the molecule is O=C(O)[C@H]1C[C@@H]1C(=O)c1cc(Cl)c2occc2c1. The molecular formula is C13H9ClO4. The van der Waals surface area contributed by atoms with Gasteiger partial charge in [-0.15, -0.1) is 0 Å². The zero-order chi connectivity index (χ0) is 12.9. The Morgan fingerprint density at radius 3 is 2.78 bits per heavy atom. The van der Waals surface area contributed by atoms with Crippen LogP contribution in [-0.2, 0) is 4.79 Å². The monoisotopic (exact) mass is 264 g/mol. The number of carbonyl (C=O) groups excluding carboxylic acids is 1. The minimum atomic E-state index is -0.913. The largest absolute Gasteiger partial charge is 0.481 e. The van der Waals surface area contributed by atoms with E-state index in [1.807, 2.05) is 0 Å². The van der Waals surface area contributed by atoms with Crippen LogP contribution in [0.25, 0.3) is 11.0 Å². The number of ketones is 1. The minimum absolute atomic E-state index is 0.160. The number of fused-ring (bicyclic) bond motifs is 1. The fourth-order valence-corrected chi connectivity index (χ4v) is 2.42. The first kappa shape index (κ1) is 11.3. The van der Waals surface area contributed by atoms with Gasteiger partial charge in [-0.1, -0.05) is 11.6 Å². The van der Waals surface area contributed by atoms with Crippen molar-refractivity contribution in [3.8, 4) is 0 Å². The molecule has 1 aromatic carbocycles. The van der Waals surface area contributed by atoms with E-state index < -0.39 is 17.8 Å². The van der Waals surface area contributed by atoms with Crippen molar-refractivity contribution in [3.63, 3.8) is 0 Å². The molecular weight excluding hydrogens is 256 g/mol. The fraction of sp³-hybridized carbons (Fsp3) is 0.231. The smallest absolute Gasteiger partial charge is 0.307 e. The number of Topliss-reactive ketones (excluding diaryl/α,β-unsaturated/α-hetero) is 1. The lowest BCUT2D eigenvalue weighted by molar-refractivity contribution is -0.138. The van der Waals surface area contributed by atoms with Gasteiger partial charge in [-0.2, -0.15) is 0 Å². The van der Waals surface area contributed by atoms with Crippen molar-refractivity contribution in [3.05, 3.63) is 35.0 Å². The second kappa shape index (κ2) is 3.85.